The Balaban J connectivity index is 1.83. The molecule has 8 heteroatoms. The fraction of sp³-hybridized carbons (Fsp3) is 0.529. The van der Waals surface area contributed by atoms with Gasteiger partial charge in [-0.25, -0.2) is 4.98 Å². The third-order valence-electron chi connectivity index (χ3n) is 4.44. The maximum absolute atomic E-state index is 12.4. The predicted molar refractivity (Wildman–Crippen MR) is 96.0 cm³/mol. The van der Waals surface area contributed by atoms with Crippen molar-refractivity contribution in [2.24, 2.45) is 5.92 Å². The number of hydrogen-bond donors (Lipinski definition) is 1. The lowest BCUT2D eigenvalue weighted by Gasteiger charge is -2.33. The van der Waals surface area contributed by atoms with E-state index in [0.717, 1.165) is 32.5 Å². The Kier molecular flexibility index (Phi) is 4.98. The monoisotopic (exact) mass is 345 g/mol. The van der Waals surface area contributed by atoms with Gasteiger partial charge in [0.25, 0.3) is 0 Å². The molecule has 3 rings (SSSR count). The van der Waals surface area contributed by atoms with Gasteiger partial charge in [-0.1, -0.05) is 19.9 Å². The van der Waals surface area contributed by atoms with Crippen molar-refractivity contribution < 1.29 is 4.92 Å². The first-order valence-electron chi connectivity index (χ1n) is 8.60. The van der Waals surface area contributed by atoms with E-state index in [2.05, 4.69) is 29.0 Å². The Hall–Kier alpha value is -2.48. The van der Waals surface area contributed by atoms with Crippen LogP contribution in [0.1, 0.15) is 26.7 Å². The van der Waals surface area contributed by atoms with Gasteiger partial charge in [-0.05, 0) is 30.9 Å². The normalized spacial score (nSPS) is 16.4. The summed E-state index contributed by atoms with van der Waals surface area (Å²) in [7, 11) is 0. The minimum Gasteiger partial charge on any atom is -0.361 e. The van der Waals surface area contributed by atoms with E-state index in [0.29, 0.717) is 11.6 Å². The summed E-state index contributed by atoms with van der Waals surface area (Å²) in [6.07, 6.45) is 3.24. The molecule has 8 nitrogen and oxygen atoms in total. The number of nitrogens with zero attached hydrogens (tertiary/aromatic N) is 4. The molecule has 3 heterocycles. The SMILES string of the molecule is CC(C)CN1CCC(Nc2nc3ccccn3c(=O)c2[N+](=O)[O-])CC1. The van der Waals surface area contributed by atoms with Crippen molar-refractivity contribution in [1.82, 2.24) is 14.3 Å². The van der Waals surface area contributed by atoms with Crippen molar-refractivity contribution in [1.29, 1.82) is 0 Å². The summed E-state index contributed by atoms with van der Waals surface area (Å²) in [5.41, 5.74) is -0.749. The molecule has 1 aliphatic heterocycles. The van der Waals surface area contributed by atoms with Crippen molar-refractivity contribution in [2.75, 3.05) is 25.0 Å². The Morgan fingerprint density at radius 1 is 1.36 bits per heavy atom. The van der Waals surface area contributed by atoms with Crippen LogP contribution in [-0.4, -0.2) is 44.9 Å². The molecule has 0 amide bonds. The van der Waals surface area contributed by atoms with Crippen LogP contribution >= 0.6 is 0 Å². The van der Waals surface area contributed by atoms with Crippen LogP contribution < -0.4 is 10.9 Å². The van der Waals surface area contributed by atoms with Crippen molar-refractivity contribution >= 4 is 17.2 Å². The second kappa shape index (κ2) is 7.18. The summed E-state index contributed by atoms with van der Waals surface area (Å²) in [5.74, 6) is 0.691. The van der Waals surface area contributed by atoms with E-state index in [4.69, 9.17) is 0 Å². The van der Waals surface area contributed by atoms with Crippen LogP contribution in [0.2, 0.25) is 0 Å². The quantitative estimate of drug-likeness (QED) is 0.659. The molecule has 2 aromatic heterocycles. The third kappa shape index (κ3) is 3.79. The summed E-state index contributed by atoms with van der Waals surface area (Å²) in [4.78, 5) is 29.9. The van der Waals surface area contributed by atoms with Crippen LogP contribution in [0.15, 0.2) is 29.2 Å². The molecular formula is C17H23N5O3. The molecule has 2 aromatic rings. The first-order valence-corrected chi connectivity index (χ1v) is 8.60. The molecule has 1 fully saturated rings. The second-order valence-electron chi connectivity index (χ2n) is 6.91. The molecule has 0 saturated carbocycles. The van der Waals surface area contributed by atoms with Crippen molar-refractivity contribution in [2.45, 2.75) is 32.7 Å². The van der Waals surface area contributed by atoms with Gasteiger partial charge in [0.1, 0.15) is 5.65 Å². The van der Waals surface area contributed by atoms with E-state index in [9.17, 15) is 14.9 Å². The van der Waals surface area contributed by atoms with E-state index in [1.165, 1.54) is 10.6 Å². The largest absolute Gasteiger partial charge is 0.376 e. The molecule has 1 aliphatic rings. The van der Waals surface area contributed by atoms with E-state index in [1.54, 1.807) is 18.2 Å². The summed E-state index contributed by atoms with van der Waals surface area (Å²) in [6.45, 7) is 7.33. The standard InChI is InChI=1S/C17H23N5O3/c1-12(2)11-20-9-6-13(7-10-20)18-16-15(22(24)25)17(23)21-8-4-3-5-14(21)19-16/h3-5,8,12-13,18H,6-7,9-11H2,1-2H3. The van der Waals surface area contributed by atoms with Crippen LogP contribution in [0.25, 0.3) is 5.65 Å². The van der Waals surface area contributed by atoms with Gasteiger partial charge in [0, 0.05) is 31.9 Å². The van der Waals surface area contributed by atoms with Gasteiger partial charge >= 0.3 is 11.2 Å². The maximum Gasteiger partial charge on any atom is 0.376 e. The fourth-order valence-electron chi connectivity index (χ4n) is 3.31. The number of aromatic nitrogens is 2. The van der Waals surface area contributed by atoms with Crippen molar-refractivity contribution in [3.8, 4) is 0 Å². The molecule has 25 heavy (non-hydrogen) atoms. The molecule has 134 valence electrons. The number of nitrogens with one attached hydrogen (secondary N) is 1. The van der Waals surface area contributed by atoms with E-state index >= 15 is 0 Å². The fourth-order valence-corrected chi connectivity index (χ4v) is 3.31. The first-order chi connectivity index (χ1) is 12.0. The van der Waals surface area contributed by atoms with Crippen molar-refractivity contribution in [3.05, 3.63) is 44.9 Å². The summed E-state index contributed by atoms with van der Waals surface area (Å²) < 4.78 is 1.20. The minimum absolute atomic E-state index is 0.0727. The van der Waals surface area contributed by atoms with Gasteiger partial charge in [0.15, 0.2) is 0 Å². The average Bonchev–Trinajstić information content (AvgIpc) is 2.56. The summed E-state index contributed by atoms with van der Waals surface area (Å²) in [6, 6.07) is 5.15. The zero-order valence-electron chi connectivity index (χ0n) is 14.5. The van der Waals surface area contributed by atoms with Gasteiger partial charge in [-0.15, -0.1) is 0 Å². The Morgan fingerprint density at radius 2 is 2.08 bits per heavy atom. The van der Waals surface area contributed by atoms with Crippen LogP contribution in [0.4, 0.5) is 11.5 Å². The van der Waals surface area contributed by atoms with Crippen molar-refractivity contribution in [3.63, 3.8) is 0 Å². The van der Waals surface area contributed by atoms with Crippen LogP contribution in [0.5, 0.6) is 0 Å². The lowest BCUT2D eigenvalue weighted by molar-refractivity contribution is -0.385. The Morgan fingerprint density at radius 3 is 2.72 bits per heavy atom. The van der Waals surface area contributed by atoms with Gasteiger partial charge in [-0.2, -0.15) is 0 Å². The number of hydrogen-bond acceptors (Lipinski definition) is 6. The number of likely N-dealkylation sites (tertiary alicyclic amines) is 1. The highest BCUT2D eigenvalue weighted by Crippen LogP contribution is 2.22. The third-order valence-corrected chi connectivity index (χ3v) is 4.44. The highest BCUT2D eigenvalue weighted by atomic mass is 16.6. The zero-order valence-corrected chi connectivity index (χ0v) is 14.5. The number of rotatable bonds is 5. The number of fused-ring (bicyclic) bond motifs is 1. The molecule has 0 bridgehead atoms. The predicted octanol–water partition coefficient (Wildman–Crippen LogP) is 2.13. The molecule has 0 aliphatic carbocycles. The average molecular weight is 345 g/mol. The summed E-state index contributed by atoms with van der Waals surface area (Å²) in [5, 5.41) is 14.6. The smallest absolute Gasteiger partial charge is 0.361 e. The van der Waals surface area contributed by atoms with Gasteiger partial charge in [-0.3, -0.25) is 19.3 Å². The molecule has 0 spiro atoms. The Labute approximate surface area is 145 Å². The lowest BCUT2D eigenvalue weighted by Crippen LogP contribution is -2.41. The molecule has 0 atom stereocenters. The number of piperidine rings is 1. The van der Waals surface area contributed by atoms with E-state index in [-0.39, 0.29) is 11.9 Å². The highest BCUT2D eigenvalue weighted by molar-refractivity contribution is 5.60. The minimum atomic E-state index is -0.657. The molecule has 1 saturated heterocycles. The first kappa shape index (κ1) is 17.3. The van der Waals surface area contributed by atoms with Crippen LogP contribution in [0.3, 0.4) is 0 Å². The van der Waals surface area contributed by atoms with Gasteiger partial charge < -0.3 is 10.2 Å². The van der Waals surface area contributed by atoms with E-state index < -0.39 is 16.2 Å². The second-order valence-corrected chi connectivity index (χ2v) is 6.91. The maximum atomic E-state index is 12.4. The van der Waals surface area contributed by atoms with E-state index in [1.807, 2.05) is 0 Å². The zero-order chi connectivity index (χ0) is 18.0. The van der Waals surface area contributed by atoms with Gasteiger partial charge in [0.2, 0.25) is 5.82 Å². The molecular weight excluding hydrogens is 322 g/mol. The Bertz CT molecular complexity index is 825. The number of nitro groups is 1. The molecule has 0 aromatic carbocycles. The molecule has 0 radical (unpaired) electrons. The van der Waals surface area contributed by atoms with Gasteiger partial charge in [0.05, 0.1) is 4.92 Å². The molecule has 1 N–H and O–H groups in total. The van der Waals surface area contributed by atoms with Crippen LogP contribution in [-0.2, 0) is 0 Å². The highest BCUT2D eigenvalue weighted by Gasteiger charge is 2.27. The number of pyridine rings is 1. The summed E-state index contributed by atoms with van der Waals surface area (Å²) >= 11 is 0. The lowest BCUT2D eigenvalue weighted by atomic mass is 10.0. The topological polar surface area (TPSA) is 92.8 Å². The number of anilines is 1. The van der Waals surface area contributed by atoms with Crippen LogP contribution in [0, 0.1) is 16.0 Å². The molecule has 0 unspecified atom stereocenters.